The van der Waals surface area contributed by atoms with Crippen LogP contribution in [0.25, 0.3) is 0 Å². The largest absolute Gasteiger partial charge is 0.493 e. The van der Waals surface area contributed by atoms with Crippen molar-refractivity contribution in [3.8, 4) is 11.5 Å². The fourth-order valence-corrected chi connectivity index (χ4v) is 2.90. The molecule has 0 saturated heterocycles. The minimum absolute atomic E-state index is 0.0889. The molecule has 0 fully saturated rings. The zero-order chi connectivity index (χ0) is 18.4. The van der Waals surface area contributed by atoms with Crippen LogP contribution in [-0.4, -0.2) is 31.1 Å². The monoisotopic (exact) mass is 361 g/mol. The van der Waals surface area contributed by atoms with E-state index in [-0.39, 0.29) is 5.91 Å². The van der Waals surface area contributed by atoms with Gasteiger partial charge in [0.15, 0.2) is 11.5 Å². The van der Waals surface area contributed by atoms with E-state index in [1.807, 2.05) is 45.0 Å². The predicted octanol–water partition coefficient (Wildman–Crippen LogP) is 4.72. The Kier molecular flexibility index (Phi) is 6.71. The Morgan fingerprint density at radius 2 is 1.92 bits per heavy atom. The zero-order valence-corrected chi connectivity index (χ0v) is 15.9. The van der Waals surface area contributed by atoms with Crippen LogP contribution in [0.3, 0.4) is 0 Å². The van der Waals surface area contributed by atoms with E-state index < -0.39 is 0 Å². The first-order valence-corrected chi connectivity index (χ1v) is 8.73. The summed E-state index contributed by atoms with van der Waals surface area (Å²) in [7, 11) is 1.54. The van der Waals surface area contributed by atoms with Gasteiger partial charge in [0, 0.05) is 18.7 Å². The van der Waals surface area contributed by atoms with Crippen molar-refractivity contribution >= 4 is 17.5 Å². The van der Waals surface area contributed by atoms with Gasteiger partial charge < -0.3 is 14.4 Å². The number of halogens is 1. The van der Waals surface area contributed by atoms with Crippen LogP contribution in [0.4, 0.5) is 0 Å². The number of carbonyl (C=O) groups excluding carboxylic acids is 1. The van der Waals surface area contributed by atoms with Crippen LogP contribution in [-0.2, 0) is 6.54 Å². The third kappa shape index (κ3) is 4.45. The summed E-state index contributed by atoms with van der Waals surface area (Å²) in [5, 5.41) is 0.372. The molecule has 0 spiro atoms. The van der Waals surface area contributed by atoms with Crippen molar-refractivity contribution in [2.45, 2.75) is 27.3 Å². The highest BCUT2D eigenvalue weighted by Gasteiger charge is 2.20. The fraction of sp³-hybridized carbons (Fsp3) is 0.350. The van der Waals surface area contributed by atoms with E-state index in [2.05, 4.69) is 0 Å². The summed E-state index contributed by atoms with van der Waals surface area (Å²) in [4.78, 5) is 14.7. The van der Waals surface area contributed by atoms with Gasteiger partial charge in [0.25, 0.3) is 5.91 Å². The molecule has 0 unspecified atom stereocenters. The Morgan fingerprint density at radius 1 is 1.20 bits per heavy atom. The van der Waals surface area contributed by atoms with Gasteiger partial charge in [-0.1, -0.05) is 35.9 Å². The van der Waals surface area contributed by atoms with Crippen LogP contribution in [0.1, 0.15) is 35.3 Å². The van der Waals surface area contributed by atoms with Gasteiger partial charge in [0.1, 0.15) is 0 Å². The summed E-state index contributed by atoms with van der Waals surface area (Å²) in [6, 6.07) is 11.4. The topological polar surface area (TPSA) is 38.8 Å². The molecule has 2 aromatic carbocycles. The normalized spacial score (nSPS) is 10.4. The zero-order valence-electron chi connectivity index (χ0n) is 15.1. The number of benzene rings is 2. The Bertz CT molecular complexity index is 746. The number of hydrogen-bond donors (Lipinski definition) is 0. The van der Waals surface area contributed by atoms with E-state index in [1.165, 1.54) is 7.11 Å². The van der Waals surface area contributed by atoms with E-state index in [0.29, 0.717) is 41.8 Å². The molecule has 1 amide bonds. The first-order chi connectivity index (χ1) is 12.0. The van der Waals surface area contributed by atoms with Gasteiger partial charge in [0.05, 0.1) is 18.7 Å². The second-order valence-corrected chi connectivity index (χ2v) is 6.08. The molecule has 134 valence electrons. The third-order valence-corrected chi connectivity index (χ3v) is 4.34. The van der Waals surface area contributed by atoms with Gasteiger partial charge in [-0.25, -0.2) is 0 Å². The van der Waals surface area contributed by atoms with Crippen LogP contribution in [0.5, 0.6) is 11.5 Å². The first-order valence-electron chi connectivity index (χ1n) is 8.35. The Balaban J connectivity index is 2.31. The lowest BCUT2D eigenvalue weighted by molar-refractivity contribution is 0.0752. The maximum absolute atomic E-state index is 13.0. The first kappa shape index (κ1) is 19.1. The van der Waals surface area contributed by atoms with Gasteiger partial charge in [-0.05, 0) is 44.0 Å². The van der Waals surface area contributed by atoms with Crippen LogP contribution in [0.15, 0.2) is 36.4 Å². The van der Waals surface area contributed by atoms with Gasteiger partial charge >= 0.3 is 0 Å². The van der Waals surface area contributed by atoms with Gasteiger partial charge in [-0.2, -0.15) is 0 Å². The van der Waals surface area contributed by atoms with E-state index in [4.69, 9.17) is 21.1 Å². The average molecular weight is 362 g/mol. The van der Waals surface area contributed by atoms with E-state index >= 15 is 0 Å². The van der Waals surface area contributed by atoms with Crippen molar-refractivity contribution in [1.82, 2.24) is 4.90 Å². The SMILES string of the molecule is CCOc1c(Cl)cc(C(=O)N(CC)Cc2ccccc2C)cc1OC. The second-order valence-electron chi connectivity index (χ2n) is 5.67. The molecule has 0 radical (unpaired) electrons. The number of ether oxygens (including phenoxy) is 2. The molecule has 2 rings (SSSR count). The van der Waals surface area contributed by atoms with E-state index in [0.717, 1.165) is 11.1 Å². The molecule has 0 N–H and O–H groups in total. The molecule has 25 heavy (non-hydrogen) atoms. The minimum Gasteiger partial charge on any atom is -0.493 e. The minimum atomic E-state index is -0.0889. The van der Waals surface area contributed by atoms with E-state index in [9.17, 15) is 4.79 Å². The van der Waals surface area contributed by atoms with Crippen LogP contribution in [0.2, 0.25) is 5.02 Å². The Morgan fingerprint density at radius 3 is 2.52 bits per heavy atom. The maximum Gasteiger partial charge on any atom is 0.254 e. The number of hydrogen-bond acceptors (Lipinski definition) is 3. The number of amides is 1. The fourth-order valence-electron chi connectivity index (χ4n) is 2.63. The highest BCUT2D eigenvalue weighted by atomic mass is 35.5. The summed E-state index contributed by atoms with van der Waals surface area (Å²) in [5.74, 6) is 0.837. The smallest absolute Gasteiger partial charge is 0.254 e. The quantitative estimate of drug-likeness (QED) is 0.716. The summed E-state index contributed by atoms with van der Waals surface area (Å²) in [5.41, 5.74) is 2.78. The molecular formula is C20H24ClNO3. The summed E-state index contributed by atoms with van der Waals surface area (Å²) in [6.07, 6.45) is 0. The Hall–Kier alpha value is -2.20. The molecule has 4 nitrogen and oxygen atoms in total. The molecule has 0 heterocycles. The number of aryl methyl sites for hydroxylation is 1. The Labute approximate surface area is 154 Å². The van der Waals surface area contributed by atoms with Crippen molar-refractivity contribution in [3.63, 3.8) is 0 Å². The van der Waals surface area contributed by atoms with Crippen molar-refractivity contribution < 1.29 is 14.3 Å². The van der Waals surface area contributed by atoms with Crippen molar-refractivity contribution in [1.29, 1.82) is 0 Å². The molecular weight excluding hydrogens is 338 g/mol. The third-order valence-electron chi connectivity index (χ3n) is 4.06. The van der Waals surface area contributed by atoms with Crippen LogP contribution >= 0.6 is 11.6 Å². The molecule has 0 saturated carbocycles. The lowest BCUT2D eigenvalue weighted by Gasteiger charge is -2.23. The molecule has 0 bridgehead atoms. The van der Waals surface area contributed by atoms with Crippen molar-refractivity contribution in [3.05, 3.63) is 58.1 Å². The number of carbonyl (C=O) groups is 1. The lowest BCUT2D eigenvalue weighted by atomic mass is 10.1. The summed E-state index contributed by atoms with van der Waals surface area (Å²) < 4.78 is 10.8. The molecule has 2 aromatic rings. The molecule has 5 heteroatoms. The standard InChI is InChI=1S/C20H24ClNO3/c1-5-22(13-15-10-8-7-9-14(15)3)20(23)16-11-17(21)19(25-6-2)18(12-16)24-4/h7-12H,5-6,13H2,1-4H3. The van der Waals surface area contributed by atoms with Crippen molar-refractivity contribution in [2.24, 2.45) is 0 Å². The van der Waals surface area contributed by atoms with Gasteiger partial charge in [-0.15, -0.1) is 0 Å². The second kappa shape index (κ2) is 8.77. The number of methoxy groups -OCH3 is 1. The highest BCUT2D eigenvalue weighted by Crippen LogP contribution is 2.36. The van der Waals surface area contributed by atoms with Crippen LogP contribution < -0.4 is 9.47 Å². The van der Waals surface area contributed by atoms with E-state index in [1.54, 1.807) is 17.0 Å². The number of nitrogens with zero attached hydrogens (tertiary/aromatic N) is 1. The van der Waals surface area contributed by atoms with Gasteiger partial charge in [0.2, 0.25) is 0 Å². The van der Waals surface area contributed by atoms with Gasteiger partial charge in [-0.3, -0.25) is 4.79 Å². The van der Waals surface area contributed by atoms with Crippen LogP contribution in [0, 0.1) is 6.92 Å². The predicted molar refractivity (Wildman–Crippen MR) is 101 cm³/mol. The molecule has 0 aliphatic heterocycles. The highest BCUT2D eigenvalue weighted by molar-refractivity contribution is 6.32. The molecule has 0 aromatic heterocycles. The molecule has 0 aliphatic rings. The molecule has 0 aliphatic carbocycles. The van der Waals surface area contributed by atoms with Crippen molar-refractivity contribution in [2.75, 3.05) is 20.3 Å². The summed E-state index contributed by atoms with van der Waals surface area (Å²) >= 11 is 6.29. The summed E-state index contributed by atoms with van der Waals surface area (Å²) in [6.45, 7) is 7.50. The maximum atomic E-state index is 13.0. The molecule has 0 atom stereocenters. The average Bonchev–Trinajstić information content (AvgIpc) is 2.62. The lowest BCUT2D eigenvalue weighted by Crippen LogP contribution is -2.30. The number of rotatable bonds is 7.